The molecular formula is C27H30N2O6. The van der Waals surface area contributed by atoms with Crippen LogP contribution in [-0.4, -0.2) is 54.0 Å². The van der Waals surface area contributed by atoms with Crippen LogP contribution in [-0.2, 0) is 19.1 Å². The number of carboxylic acid groups (broad SMARTS) is 1. The Morgan fingerprint density at radius 2 is 1.63 bits per heavy atom. The van der Waals surface area contributed by atoms with Crippen molar-refractivity contribution in [3.05, 3.63) is 59.7 Å². The molecule has 2 unspecified atom stereocenters. The number of fused-ring (bicyclic) bond motifs is 3. The number of ether oxygens (including phenoxy) is 2. The van der Waals surface area contributed by atoms with Gasteiger partial charge >= 0.3 is 12.1 Å². The zero-order valence-electron chi connectivity index (χ0n) is 19.5. The predicted molar refractivity (Wildman–Crippen MR) is 128 cm³/mol. The number of carbonyl (C=O) groups excluding carboxylic acids is 2. The molecule has 2 fully saturated rings. The Hall–Kier alpha value is -3.39. The quantitative estimate of drug-likeness (QED) is 0.561. The van der Waals surface area contributed by atoms with Crippen LogP contribution in [0.5, 0.6) is 0 Å². The molecule has 1 saturated heterocycles. The van der Waals surface area contributed by atoms with Gasteiger partial charge in [0.2, 0.25) is 5.91 Å². The van der Waals surface area contributed by atoms with Gasteiger partial charge in [0.05, 0.1) is 11.6 Å². The van der Waals surface area contributed by atoms with E-state index in [0.717, 1.165) is 35.1 Å². The Bertz CT molecular complexity index is 1080. The van der Waals surface area contributed by atoms with E-state index < -0.39 is 29.7 Å². The van der Waals surface area contributed by atoms with Crippen molar-refractivity contribution in [3.8, 4) is 11.1 Å². The van der Waals surface area contributed by atoms with Crippen molar-refractivity contribution in [2.75, 3.05) is 13.2 Å². The van der Waals surface area contributed by atoms with E-state index in [9.17, 15) is 19.5 Å². The van der Waals surface area contributed by atoms with Gasteiger partial charge in [-0.25, -0.2) is 9.59 Å². The van der Waals surface area contributed by atoms with Crippen LogP contribution >= 0.6 is 0 Å². The van der Waals surface area contributed by atoms with Gasteiger partial charge in [0.15, 0.2) is 6.10 Å². The van der Waals surface area contributed by atoms with Crippen LogP contribution in [0.25, 0.3) is 11.1 Å². The number of rotatable bonds is 7. The van der Waals surface area contributed by atoms with E-state index in [-0.39, 0.29) is 24.9 Å². The molecule has 2 aromatic rings. The van der Waals surface area contributed by atoms with E-state index in [0.29, 0.717) is 25.9 Å². The summed E-state index contributed by atoms with van der Waals surface area (Å²) < 4.78 is 10.9. The van der Waals surface area contributed by atoms with Gasteiger partial charge in [-0.1, -0.05) is 61.4 Å². The first-order chi connectivity index (χ1) is 17.0. The highest BCUT2D eigenvalue weighted by molar-refractivity contribution is 5.81. The van der Waals surface area contributed by atoms with Crippen LogP contribution in [0.2, 0.25) is 0 Å². The molecule has 1 heterocycles. The molecule has 2 atom stereocenters. The van der Waals surface area contributed by atoms with Crippen LogP contribution < -0.4 is 10.6 Å². The summed E-state index contributed by atoms with van der Waals surface area (Å²) in [5.74, 6) is -1.40. The molecular weight excluding hydrogens is 448 g/mol. The van der Waals surface area contributed by atoms with Crippen molar-refractivity contribution in [3.63, 3.8) is 0 Å². The van der Waals surface area contributed by atoms with Gasteiger partial charge in [0.1, 0.15) is 6.61 Å². The maximum atomic E-state index is 12.9. The summed E-state index contributed by atoms with van der Waals surface area (Å²) in [5, 5.41) is 15.1. The van der Waals surface area contributed by atoms with Crippen LogP contribution in [0, 0.1) is 0 Å². The van der Waals surface area contributed by atoms with Crippen LogP contribution in [0.1, 0.15) is 55.6 Å². The second kappa shape index (κ2) is 9.70. The monoisotopic (exact) mass is 478 g/mol. The summed E-state index contributed by atoms with van der Waals surface area (Å²) in [6.45, 7) is 0.507. The Morgan fingerprint density at radius 1 is 1.00 bits per heavy atom. The van der Waals surface area contributed by atoms with Gasteiger partial charge in [-0.15, -0.1) is 0 Å². The smallest absolute Gasteiger partial charge is 0.407 e. The molecule has 184 valence electrons. The fourth-order valence-electron chi connectivity index (χ4n) is 5.79. The summed E-state index contributed by atoms with van der Waals surface area (Å²) in [5.41, 5.74) is 3.92. The molecule has 3 N–H and O–H groups in total. The number of aliphatic carboxylic acids is 1. The maximum Gasteiger partial charge on any atom is 0.407 e. The number of amides is 2. The summed E-state index contributed by atoms with van der Waals surface area (Å²) in [4.78, 5) is 37.0. The number of nitrogens with one attached hydrogen (secondary N) is 2. The van der Waals surface area contributed by atoms with Crippen LogP contribution in [0.3, 0.4) is 0 Å². The first-order valence-corrected chi connectivity index (χ1v) is 12.2. The number of carboxylic acids is 1. The summed E-state index contributed by atoms with van der Waals surface area (Å²) >= 11 is 0. The van der Waals surface area contributed by atoms with Crippen molar-refractivity contribution in [2.24, 2.45) is 0 Å². The fourth-order valence-corrected chi connectivity index (χ4v) is 5.79. The minimum absolute atomic E-state index is 0.0358. The average Bonchev–Trinajstić information content (AvgIpc) is 3.56. The number of benzene rings is 2. The average molecular weight is 479 g/mol. The normalized spacial score (nSPS) is 22.3. The van der Waals surface area contributed by atoms with Crippen LogP contribution in [0.15, 0.2) is 48.5 Å². The SMILES string of the molecule is O=C(CC1(NC(=O)OCC2c3ccccc3-c3ccccc32)CCCC1)NC1CCOC1C(=O)O. The van der Waals surface area contributed by atoms with Crippen molar-refractivity contribution in [1.82, 2.24) is 10.6 Å². The summed E-state index contributed by atoms with van der Waals surface area (Å²) in [6.07, 6.45) is 2.13. The highest BCUT2D eigenvalue weighted by atomic mass is 16.5. The third-order valence-electron chi connectivity index (χ3n) is 7.45. The molecule has 0 aromatic heterocycles. The fraction of sp³-hybridized carbons (Fsp3) is 0.444. The number of hydrogen-bond donors (Lipinski definition) is 3. The largest absolute Gasteiger partial charge is 0.479 e. The third kappa shape index (κ3) is 4.75. The molecule has 0 spiro atoms. The number of hydrogen-bond acceptors (Lipinski definition) is 5. The Balaban J connectivity index is 1.21. The van der Waals surface area contributed by atoms with Gasteiger partial charge in [-0.05, 0) is 41.5 Å². The zero-order chi connectivity index (χ0) is 24.4. The van der Waals surface area contributed by atoms with E-state index in [4.69, 9.17) is 9.47 Å². The molecule has 3 aliphatic rings. The van der Waals surface area contributed by atoms with Gasteiger partial charge in [0, 0.05) is 18.9 Å². The number of carbonyl (C=O) groups is 3. The van der Waals surface area contributed by atoms with E-state index in [2.05, 4.69) is 34.9 Å². The van der Waals surface area contributed by atoms with Crippen LogP contribution in [0.4, 0.5) is 4.79 Å². The highest BCUT2D eigenvalue weighted by Gasteiger charge is 2.41. The molecule has 2 amide bonds. The second-order valence-electron chi connectivity index (χ2n) is 9.71. The van der Waals surface area contributed by atoms with Crippen molar-refractivity contribution in [2.45, 2.75) is 62.1 Å². The van der Waals surface area contributed by atoms with Crippen molar-refractivity contribution < 1.29 is 29.0 Å². The standard InChI is InChI=1S/C27H30N2O6/c30-23(28-22-11-14-34-24(22)25(31)32)15-27(12-5-6-13-27)29-26(33)35-16-21-19-9-3-1-7-17(19)18-8-2-4-10-20(18)21/h1-4,7-10,21-22,24H,5-6,11-16H2,(H,28,30)(H,29,33)(H,31,32). The van der Waals surface area contributed by atoms with Crippen molar-refractivity contribution in [1.29, 1.82) is 0 Å². The van der Waals surface area contributed by atoms with Gasteiger partial charge < -0.3 is 25.2 Å². The molecule has 2 aliphatic carbocycles. The highest BCUT2D eigenvalue weighted by Crippen LogP contribution is 2.44. The van der Waals surface area contributed by atoms with E-state index >= 15 is 0 Å². The second-order valence-corrected chi connectivity index (χ2v) is 9.71. The summed E-state index contributed by atoms with van der Waals surface area (Å²) in [6, 6.07) is 15.8. The minimum Gasteiger partial charge on any atom is -0.479 e. The maximum absolute atomic E-state index is 12.9. The summed E-state index contributed by atoms with van der Waals surface area (Å²) in [7, 11) is 0. The molecule has 1 aliphatic heterocycles. The predicted octanol–water partition coefficient (Wildman–Crippen LogP) is 3.59. The van der Waals surface area contributed by atoms with E-state index in [1.165, 1.54) is 0 Å². The Kier molecular flexibility index (Phi) is 6.47. The lowest BCUT2D eigenvalue weighted by atomic mass is 9.92. The molecule has 8 heteroatoms. The lowest BCUT2D eigenvalue weighted by Gasteiger charge is -2.30. The Morgan fingerprint density at radius 3 is 2.26 bits per heavy atom. The third-order valence-corrected chi connectivity index (χ3v) is 7.45. The molecule has 0 bridgehead atoms. The van der Waals surface area contributed by atoms with E-state index in [1.54, 1.807) is 0 Å². The lowest BCUT2D eigenvalue weighted by molar-refractivity contribution is -0.148. The molecule has 0 radical (unpaired) electrons. The topological polar surface area (TPSA) is 114 Å². The van der Waals surface area contributed by atoms with E-state index in [1.807, 2.05) is 24.3 Å². The zero-order valence-corrected chi connectivity index (χ0v) is 19.5. The molecule has 35 heavy (non-hydrogen) atoms. The lowest BCUT2D eigenvalue weighted by Crippen LogP contribution is -2.52. The minimum atomic E-state index is -1.08. The molecule has 8 nitrogen and oxygen atoms in total. The van der Waals surface area contributed by atoms with Gasteiger partial charge in [-0.2, -0.15) is 0 Å². The molecule has 5 rings (SSSR count). The first kappa shape index (κ1) is 23.4. The van der Waals surface area contributed by atoms with Crippen molar-refractivity contribution >= 4 is 18.0 Å². The molecule has 2 aromatic carbocycles. The number of alkyl carbamates (subject to hydrolysis) is 1. The Labute approximate surface area is 204 Å². The first-order valence-electron chi connectivity index (χ1n) is 12.2. The van der Waals surface area contributed by atoms with Gasteiger partial charge in [-0.3, -0.25) is 4.79 Å². The van der Waals surface area contributed by atoms with Gasteiger partial charge in [0.25, 0.3) is 0 Å². The molecule has 1 saturated carbocycles.